The molecular weight excluding hydrogens is 598 g/mol. The molecule has 1 aliphatic heterocycles. The Morgan fingerprint density at radius 3 is 2.19 bits per heavy atom. The predicted molar refractivity (Wildman–Crippen MR) is 179 cm³/mol. The van der Waals surface area contributed by atoms with E-state index in [1.54, 1.807) is 44.0 Å². The number of carbonyl (C=O) groups excluding carboxylic acids is 2. The molecule has 0 bridgehead atoms. The van der Waals surface area contributed by atoms with Crippen LogP contribution in [0.4, 0.5) is 4.79 Å². The van der Waals surface area contributed by atoms with Crippen LogP contribution in [0.2, 0.25) is 0 Å². The van der Waals surface area contributed by atoms with Crippen molar-refractivity contribution in [2.24, 2.45) is 0 Å². The summed E-state index contributed by atoms with van der Waals surface area (Å²) in [6, 6.07) is 28.0. The molecule has 2 unspecified atom stereocenters. The fourth-order valence-corrected chi connectivity index (χ4v) is 5.74. The number of hydrogen-bond donors (Lipinski definition) is 0. The van der Waals surface area contributed by atoms with Crippen LogP contribution >= 0.6 is 0 Å². The van der Waals surface area contributed by atoms with Crippen molar-refractivity contribution in [1.29, 1.82) is 0 Å². The number of piperidine rings is 1. The van der Waals surface area contributed by atoms with Crippen molar-refractivity contribution < 1.29 is 38.1 Å². The molecule has 0 amide bonds. The van der Waals surface area contributed by atoms with Gasteiger partial charge in [-0.1, -0.05) is 66.7 Å². The van der Waals surface area contributed by atoms with E-state index >= 15 is 0 Å². The SMILES string of the molecule is COc1cccc(OC)c1C(=O)OCCc1ccc(C2CCN(OC(=O)OC(C)(C)C)CC2OCc2ccc3ccccc3c2)cc1. The fraction of sp³-hybridized carbons (Fsp3) is 0.368. The number of hydrogen-bond acceptors (Lipinski definition) is 9. The summed E-state index contributed by atoms with van der Waals surface area (Å²) >= 11 is 0. The number of esters is 1. The third-order valence-corrected chi connectivity index (χ3v) is 8.06. The van der Waals surface area contributed by atoms with Crippen LogP contribution in [0.3, 0.4) is 0 Å². The first-order valence-electron chi connectivity index (χ1n) is 15.9. The van der Waals surface area contributed by atoms with E-state index in [0.717, 1.165) is 28.5 Å². The molecule has 0 N–H and O–H groups in total. The van der Waals surface area contributed by atoms with Crippen LogP contribution in [0.5, 0.6) is 11.5 Å². The molecular formula is C38H43NO8. The molecule has 9 nitrogen and oxygen atoms in total. The second-order valence-electron chi connectivity index (χ2n) is 12.5. The number of methoxy groups -OCH3 is 2. The van der Waals surface area contributed by atoms with Gasteiger partial charge in [0.1, 0.15) is 22.7 Å². The normalized spacial score (nSPS) is 16.8. The minimum Gasteiger partial charge on any atom is -0.496 e. The molecule has 4 aromatic carbocycles. The Kier molecular flexibility index (Phi) is 11.0. The fourth-order valence-electron chi connectivity index (χ4n) is 5.74. The lowest BCUT2D eigenvalue weighted by molar-refractivity contribution is -0.179. The van der Waals surface area contributed by atoms with Crippen molar-refractivity contribution in [3.8, 4) is 11.5 Å². The van der Waals surface area contributed by atoms with E-state index in [9.17, 15) is 9.59 Å². The van der Waals surface area contributed by atoms with Crippen LogP contribution in [0.25, 0.3) is 10.8 Å². The van der Waals surface area contributed by atoms with Crippen molar-refractivity contribution in [2.45, 2.75) is 57.8 Å². The van der Waals surface area contributed by atoms with Gasteiger partial charge in [-0.05, 0) is 72.9 Å². The summed E-state index contributed by atoms with van der Waals surface area (Å²) < 4.78 is 28.2. The van der Waals surface area contributed by atoms with E-state index in [4.69, 9.17) is 28.5 Å². The summed E-state index contributed by atoms with van der Waals surface area (Å²) in [6.45, 7) is 7.00. The molecule has 47 heavy (non-hydrogen) atoms. The molecule has 0 aromatic heterocycles. The van der Waals surface area contributed by atoms with Crippen LogP contribution in [0.15, 0.2) is 84.9 Å². The minimum absolute atomic E-state index is 0.0823. The minimum atomic E-state index is -0.724. The van der Waals surface area contributed by atoms with Crippen LogP contribution in [0, 0.1) is 0 Å². The number of benzene rings is 4. The van der Waals surface area contributed by atoms with Crippen LogP contribution in [-0.4, -0.2) is 62.8 Å². The Morgan fingerprint density at radius 1 is 0.830 bits per heavy atom. The topological polar surface area (TPSA) is 92.8 Å². The third-order valence-electron chi connectivity index (χ3n) is 8.06. The number of hydroxylamine groups is 2. The largest absolute Gasteiger partial charge is 0.528 e. The van der Waals surface area contributed by atoms with E-state index in [-0.39, 0.29) is 24.2 Å². The van der Waals surface area contributed by atoms with Gasteiger partial charge in [0, 0.05) is 18.9 Å². The first-order valence-corrected chi connectivity index (χ1v) is 15.9. The lowest BCUT2D eigenvalue weighted by atomic mass is 9.87. The first kappa shape index (κ1) is 33.8. The number of nitrogens with zero attached hydrogens (tertiary/aromatic N) is 1. The second-order valence-corrected chi connectivity index (χ2v) is 12.5. The molecule has 1 saturated heterocycles. The first-order chi connectivity index (χ1) is 22.6. The molecule has 0 radical (unpaired) electrons. The van der Waals surface area contributed by atoms with Crippen LogP contribution in [-0.2, 0) is 32.1 Å². The Bertz CT molecular complexity index is 1640. The number of fused-ring (bicyclic) bond motifs is 1. The number of ether oxygens (including phenoxy) is 5. The standard InChI is InChI=1S/C38H43NO8/c1-38(2,3)46-37(41)47-39-21-19-31(34(24-39)45-25-27-15-16-28-9-6-7-10-30(28)23-27)29-17-13-26(14-18-29)20-22-44-36(40)35-32(42-4)11-8-12-33(35)43-5/h6-18,23,31,34H,19-22,24-25H2,1-5H3. The van der Waals surface area contributed by atoms with Crippen molar-refractivity contribution >= 4 is 22.9 Å². The predicted octanol–water partition coefficient (Wildman–Crippen LogP) is 7.50. The van der Waals surface area contributed by atoms with E-state index < -0.39 is 17.7 Å². The number of carbonyl (C=O) groups is 2. The highest BCUT2D eigenvalue weighted by molar-refractivity contribution is 5.95. The van der Waals surface area contributed by atoms with Gasteiger partial charge in [0.25, 0.3) is 0 Å². The molecule has 2 atom stereocenters. The molecule has 1 aliphatic rings. The third kappa shape index (κ3) is 9.02. The van der Waals surface area contributed by atoms with Crippen molar-refractivity contribution in [1.82, 2.24) is 5.06 Å². The molecule has 1 heterocycles. The van der Waals surface area contributed by atoms with Crippen molar-refractivity contribution in [3.05, 3.63) is 107 Å². The van der Waals surface area contributed by atoms with Crippen LogP contribution < -0.4 is 9.47 Å². The van der Waals surface area contributed by atoms with Crippen molar-refractivity contribution in [3.63, 3.8) is 0 Å². The Balaban J connectivity index is 1.24. The van der Waals surface area contributed by atoms with Gasteiger partial charge in [-0.15, -0.1) is 5.06 Å². The monoisotopic (exact) mass is 641 g/mol. The van der Waals surface area contributed by atoms with Gasteiger partial charge in [0.2, 0.25) is 0 Å². The van der Waals surface area contributed by atoms with Crippen LogP contribution in [0.1, 0.15) is 60.2 Å². The summed E-state index contributed by atoms with van der Waals surface area (Å²) in [5.74, 6) is 0.388. The Morgan fingerprint density at radius 2 is 1.51 bits per heavy atom. The summed E-state index contributed by atoms with van der Waals surface area (Å²) in [7, 11) is 3.01. The summed E-state index contributed by atoms with van der Waals surface area (Å²) in [6.07, 6.45) is 0.315. The average molecular weight is 642 g/mol. The lowest BCUT2D eigenvalue weighted by Crippen LogP contribution is -2.45. The van der Waals surface area contributed by atoms with Gasteiger partial charge in [0.15, 0.2) is 0 Å². The van der Waals surface area contributed by atoms with E-state index in [1.165, 1.54) is 19.6 Å². The van der Waals surface area contributed by atoms with E-state index in [1.807, 2.05) is 12.1 Å². The molecule has 1 fully saturated rings. The lowest BCUT2D eigenvalue weighted by Gasteiger charge is -2.37. The van der Waals surface area contributed by atoms with Gasteiger partial charge < -0.3 is 28.5 Å². The summed E-state index contributed by atoms with van der Waals surface area (Å²) in [4.78, 5) is 30.8. The van der Waals surface area contributed by atoms with E-state index in [0.29, 0.717) is 37.6 Å². The maximum absolute atomic E-state index is 12.8. The highest BCUT2D eigenvalue weighted by atomic mass is 16.8. The molecule has 0 aliphatic carbocycles. The smallest absolute Gasteiger partial charge is 0.496 e. The second kappa shape index (κ2) is 15.3. The molecule has 0 saturated carbocycles. The maximum Gasteiger partial charge on any atom is 0.528 e. The average Bonchev–Trinajstić information content (AvgIpc) is 3.06. The molecule has 0 spiro atoms. The van der Waals surface area contributed by atoms with E-state index in [2.05, 4.69) is 54.6 Å². The summed E-state index contributed by atoms with van der Waals surface area (Å²) in [5.41, 5.74) is 2.86. The van der Waals surface area contributed by atoms with Gasteiger partial charge in [-0.2, -0.15) is 0 Å². The zero-order chi connectivity index (χ0) is 33.4. The zero-order valence-corrected chi connectivity index (χ0v) is 27.7. The number of rotatable bonds is 11. The van der Waals surface area contributed by atoms with Crippen molar-refractivity contribution in [2.75, 3.05) is 33.9 Å². The van der Waals surface area contributed by atoms with Gasteiger partial charge in [-0.25, -0.2) is 9.59 Å². The van der Waals surface area contributed by atoms with Gasteiger partial charge in [0.05, 0.1) is 40.1 Å². The zero-order valence-electron chi connectivity index (χ0n) is 27.7. The van der Waals surface area contributed by atoms with Gasteiger partial charge in [-0.3, -0.25) is 0 Å². The molecule has 4 aromatic rings. The molecule has 9 heteroatoms. The summed E-state index contributed by atoms with van der Waals surface area (Å²) in [5, 5.41) is 3.97. The Hall–Kier alpha value is -4.60. The quantitative estimate of drug-likeness (QED) is 0.154. The highest BCUT2D eigenvalue weighted by Gasteiger charge is 2.34. The maximum atomic E-state index is 12.8. The molecule has 5 rings (SSSR count). The molecule has 248 valence electrons. The highest BCUT2D eigenvalue weighted by Crippen LogP contribution is 2.33. The Labute approximate surface area is 276 Å². The van der Waals surface area contributed by atoms with Gasteiger partial charge >= 0.3 is 12.1 Å².